The summed E-state index contributed by atoms with van der Waals surface area (Å²) in [6.07, 6.45) is 0.672. The second-order valence-corrected chi connectivity index (χ2v) is 4.83. The summed E-state index contributed by atoms with van der Waals surface area (Å²) in [5.41, 5.74) is 1.83. The minimum Gasteiger partial charge on any atom is -0.477 e. The van der Waals surface area contributed by atoms with E-state index in [1.807, 2.05) is 51.1 Å². The molecule has 1 atom stereocenters. The van der Waals surface area contributed by atoms with Crippen LogP contribution in [0.15, 0.2) is 46.8 Å². The van der Waals surface area contributed by atoms with Crippen LogP contribution in [0.2, 0.25) is 0 Å². The van der Waals surface area contributed by atoms with Crippen molar-refractivity contribution in [2.24, 2.45) is 10.9 Å². The van der Waals surface area contributed by atoms with Gasteiger partial charge in [0.2, 0.25) is 11.8 Å². The molecular weight excluding hydrogens is 254 g/mol. The fraction of sp³-hybridized carbons (Fsp3) is 0.375. The van der Waals surface area contributed by atoms with Crippen LogP contribution in [0.5, 0.6) is 0 Å². The fourth-order valence-corrected chi connectivity index (χ4v) is 2.02. The van der Waals surface area contributed by atoms with Crippen molar-refractivity contribution in [1.29, 1.82) is 0 Å². The fourth-order valence-electron chi connectivity index (χ4n) is 2.02. The average molecular weight is 273 g/mol. The number of esters is 1. The molecule has 1 unspecified atom stereocenters. The molecular formula is C16H19NO3. The van der Waals surface area contributed by atoms with E-state index in [-0.39, 0.29) is 11.9 Å². The van der Waals surface area contributed by atoms with Gasteiger partial charge in [0, 0.05) is 5.56 Å². The van der Waals surface area contributed by atoms with Crippen molar-refractivity contribution < 1.29 is 14.3 Å². The molecule has 0 bridgehead atoms. The van der Waals surface area contributed by atoms with E-state index in [2.05, 4.69) is 4.99 Å². The monoisotopic (exact) mass is 273 g/mol. The highest BCUT2D eigenvalue weighted by molar-refractivity contribution is 5.94. The summed E-state index contributed by atoms with van der Waals surface area (Å²) in [6.45, 7) is 6.18. The van der Waals surface area contributed by atoms with E-state index in [9.17, 15) is 4.79 Å². The molecule has 0 aliphatic carbocycles. The van der Waals surface area contributed by atoms with Gasteiger partial charge in [-0.2, -0.15) is 4.99 Å². The van der Waals surface area contributed by atoms with Gasteiger partial charge in [0.1, 0.15) is 0 Å². The Morgan fingerprint density at radius 2 is 2.10 bits per heavy atom. The first-order valence-corrected chi connectivity index (χ1v) is 6.80. The largest absolute Gasteiger partial charge is 0.477 e. The molecule has 1 aromatic rings. The van der Waals surface area contributed by atoms with Crippen molar-refractivity contribution >= 4 is 11.9 Å². The van der Waals surface area contributed by atoms with Gasteiger partial charge < -0.3 is 9.47 Å². The number of carbonyl (C=O) groups excluding carboxylic acids is 1. The van der Waals surface area contributed by atoms with Crippen LogP contribution < -0.4 is 0 Å². The number of rotatable bonds is 3. The summed E-state index contributed by atoms with van der Waals surface area (Å²) in [4.78, 5) is 16.1. The molecule has 1 aliphatic heterocycles. The Bertz CT molecular complexity index is 546. The highest BCUT2D eigenvalue weighted by atomic mass is 16.6. The second-order valence-electron chi connectivity index (χ2n) is 4.83. The molecule has 4 heteroatoms. The molecule has 0 saturated heterocycles. The molecule has 1 heterocycles. The molecule has 0 amide bonds. The summed E-state index contributed by atoms with van der Waals surface area (Å²) in [7, 11) is 0. The molecule has 4 nitrogen and oxygen atoms in total. The summed E-state index contributed by atoms with van der Waals surface area (Å²) in [6, 6.07) is 9.59. The van der Waals surface area contributed by atoms with Crippen molar-refractivity contribution in [2.75, 3.05) is 6.61 Å². The SMILES string of the molecule is CCO/C(=N/C1=C(C)CC(C)C(=O)O1)c1ccccc1. The van der Waals surface area contributed by atoms with Crippen LogP contribution in [-0.4, -0.2) is 18.5 Å². The minimum absolute atomic E-state index is 0.110. The third kappa shape index (κ3) is 3.26. The number of cyclic esters (lactones) is 1. The van der Waals surface area contributed by atoms with Crippen molar-refractivity contribution in [3.05, 3.63) is 47.4 Å². The smallest absolute Gasteiger partial charge is 0.315 e. The van der Waals surface area contributed by atoms with E-state index < -0.39 is 0 Å². The van der Waals surface area contributed by atoms with Gasteiger partial charge in [0.05, 0.1) is 12.5 Å². The molecule has 1 aliphatic rings. The van der Waals surface area contributed by atoms with Crippen molar-refractivity contribution in [3.63, 3.8) is 0 Å². The molecule has 2 rings (SSSR count). The molecule has 0 spiro atoms. The number of carbonyl (C=O) groups is 1. The molecule has 0 aromatic heterocycles. The first-order chi connectivity index (χ1) is 9.61. The lowest BCUT2D eigenvalue weighted by Crippen LogP contribution is -2.21. The first kappa shape index (κ1) is 14.3. The third-order valence-electron chi connectivity index (χ3n) is 3.08. The number of hydrogen-bond acceptors (Lipinski definition) is 4. The highest BCUT2D eigenvalue weighted by Crippen LogP contribution is 2.25. The molecule has 0 saturated carbocycles. The molecule has 20 heavy (non-hydrogen) atoms. The summed E-state index contributed by atoms with van der Waals surface area (Å²) >= 11 is 0. The standard InChI is InChI=1S/C16H19NO3/c1-4-19-15(13-8-6-5-7-9-13)17-14-11(2)10-12(3)16(18)20-14/h5-9,12H,4,10H2,1-3H3/b17-15+. The number of hydrogen-bond donors (Lipinski definition) is 0. The number of nitrogens with zero attached hydrogens (tertiary/aromatic N) is 1. The van der Waals surface area contributed by atoms with Crippen molar-refractivity contribution in [3.8, 4) is 0 Å². The number of aliphatic imine (C=N–C) groups is 1. The molecule has 106 valence electrons. The summed E-state index contributed by atoms with van der Waals surface area (Å²) in [5.74, 6) is 0.490. The molecule has 0 N–H and O–H groups in total. The number of benzene rings is 1. The zero-order valence-corrected chi connectivity index (χ0v) is 12.1. The Morgan fingerprint density at radius 1 is 1.40 bits per heavy atom. The predicted octanol–water partition coefficient (Wildman–Crippen LogP) is 3.28. The van der Waals surface area contributed by atoms with E-state index in [0.29, 0.717) is 24.8 Å². The lowest BCUT2D eigenvalue weighted by Gasteiger charge is -2.20. The number of ether oxygens (including phenoxy) is 2. The van der Waals surface area contributed by atoms with E-state index in [4.69, 9.17) is 9.47 Å². The quantitative estimate of drug-likeness (QED) is 0.482. The topological polar surface area (TPSA) is 47.9 Å². The van der Waals surface area contributed by atoms with Crippen LogP contribution >= 0.6 is 0 Å². The Labute approximate surface area is 119 Å². The van der Waals surface area contributed by atoms with Crippen LogP contribution in [0.3, 0.4) is 0 Å². The second kappa shape index (κ2) is 6.37. The average Bonchev–Trinajstić information content (AvgIpc) is 2.45. The van der Waals surface area contributed by atoms with E-state index in [1.165, 1.54) is 0 Å². The van der Waals surface area contributed by atoms with E-state index >= 15 is 0 Å². The zero-order chi connectivity index (χ0) is 14.5. The Morgan fingerprint density at radius 3 is 2.75 bits per heavy atom. The van der Waals surface area contributed by atoms with Gasteiger partial charge in [-0.3, -0.25) is 4.79 Å². The zero-order valence-electron chi connectivity index (χ0n) is 12.1. The van der Waals surface area contributed by atoms with Crippen LogP contribution in [-0.2, 0) is 14.3 Å². The van der Waals surface area contributed by atoms with Crippen LogP contribution in [0.4, 0.5) is 0 Å². The van der Waals surface area contributed by atoms with Gasteiger partial charge in [-0.1, -0.05) is 25.1 Å². The number of allylic oxidation sites excluding steroid dienone is 1. The predicted molar refractivity (Wildman–Crippen MR) is 77.2 cm³/mol. The van der Waals surface area contributed by atoms with Gasteiger partial charge in [-0.25, -0.2) is 0 Å². The first-order valence-electron chi connectivity index (χ1n) is 6.80. The normalized spacial score (nSPS) is 19.9. The van der Waals surface area contributed by atoms with Gasteiger partial charge in [0.25, 0.3) is 0 Å². The molecule has 0 fully saturated rings. The van der Waals surface area contributed by atoms with Crippen LogP contribution in [0.25, 0.3) is 0 Å². The van der Waals surface area contributed by atoms with E-state index in [0.717, 1.165) is 11.1 Å². The minimum atomic E-state index is -0.238. The summed E-state index contributed by atoms with van der Waals surface area (Å²) in [5, 5.41) is 0. The summed E-state index contributed by atoms with van der Waals surface area (Å²) < 4.78 is 10.8. The van der Waals surface area contributed by atoms with Gasteiger partial charge in [-0.05, 0) is 38.0 Å². The molecule has 0 radical (unpaired) electrons. The third-order valence-corrected chi connectivity index (χ3v) is 3.08. The maximum absolute atomic E-state index is 11.7. The van der Waals surface area contributed by atoms with Crippen molar-refractivity contribution in [2.45, 2.75) is 27.2 Å². The lowest BCUT2D eigenvalue weighted by molar-refractivity contribution is -0.145. The lowest BCUT2D eigenvalue weighted by atomic mass is 10.0. The van der Waals surface area contributed by atoms with Gasteiger partial charge >= 0.3 is 5.97 Å². The Hall–Kier alpha value is -2.10. The van der Waals surface area contributed by atoms with Crippen molar-refractivity contribution in [1.82, 2.24) is 0 Å². The highest BCUT2D eigenvalue weighted by Gasteiger charge is 2.25. The van der Waals surface area contributed by atoms with E-state index in [1.54, 1.807) is 0 Å². The van der Waals surface area contributed by atoms with Crippen LogP contribution in [0, 0.1) is 5.92 Å². The van der Waals surface area contributed by atoms with Gasteiger partial charge in [0.15, 0.2) is 0 Å². The maximum Gasteiger partial charge on any atom is 0.315 e. The molecule has 1 aromatic carbocycles. The van der Waals surface area contributed by atoms with Gasteiger partial charge in [-0.15, -0.1) is 0 Å². The Balaban J connectivity index is 2.34. The maximum atomic E-state index is 11.7. The van der Waals surface area contributed by atoms with Crippen LogP contribution in [0.1, 0.15) is 32.8 Å². The Kier molecular flexibility index (Phi) is 4.56.